The molecule has 30 heteroatoms. The van der Waals surface area contributed by atoms with Crippen LogP contribution in [-0.2, 0) is 39.0 Å². The molecule has 6 aromatic rings. The largest absolute Gasteiger partial charge is 1.00 e. The molecule has 0 amide bonds. The summed E-state index contributed by atoms with van der Waals surface area (Å²) < 4.78 is 82.6. The van der Waals surface area contributed by atoms with Crippen molar-refractivity contribution in [3.8, 4) is 0 Å². The molecule has 2 N–H and O–H groups in total. The number of nitrogens with one attached hydrogen (secondary N) is 2. The summed E-state index contributed by atoms with van der Waals surface area (Å²) in [5.41, 5.74) is 0.405. The maximum Gasteiger partial charge on any atom is 1.00 e. The summed E-state index contributed by atoms with van der Waals surface area (Å²) in [7, 11) is -10.3. The van der Waals surface area contributed by atoms with Gasteiger partial charge in [-0.05, 0) is 96.5 Å². The fourth-order valence-electron chi connectivity index (χ4n) is 4.81. The minimum atomic E-state index is -5.15. The van der Waals surface area contributed by atoms with Gasteiger partial charge in [0.05, 0.1) is 56.6 Å². The summed E-state index contributed by atoms with van der Waals surface area (Å²) in [4.78, 5) is 11.9. The maximum absolute atomic E-state index is 12.4. The van der Waals surface area contributed by atoms with E-state index >= 15 is 0 Å². The Kier molecular flexibility index (Phi) is 26.0. The van der Waals surface area contributed by atoms with Crippen LogP contribution in [0.2, 0.25) is 5.28 Å². The van der Waals surface area contributed by atoms with Crippen LogP contribution in [0.5, 0.6) is 0 Å². The van der Waals surface area contributed by atoms with Crippen molar-refractivity contribution in [1.29, 1.82) is 0 Å². The molecule has 5 aromatic carbocycles. The number of aromatic nitrogens is 3. The van der Waals surface area contributed by atoms with E-state index in [2.05, 4.69) is 64.8 Å². The van der Waals surface area contributed by atoms with Crippen LogP contribution in [0.1, 0.15) is 7.43 Å². The monoisotopic (exact) mass is 979 g/mol. The topological polar surface area (TPSA) is 310 Å². The Bertz CT molecular complexity index is 2720. The van der Waals surface area contributed by atoms with Gasteiger partial charge in [0, 0.05) is 26.3 Å². The molecular formula is C32H22ClN9Na4O12S4. The summed E-state index contributed by atoms with van der Waals surface area (Å²) in [5.74, 6) is -0.203. The van der Waals surface area contributed by atoms with Gasteiger partial charge in [0.2, 0.25) is 17.2 Å². The number of benzene rings is 5. The molecule has 0 radical (unpaired) electrons. The van der Waals surface area contributed by atoms with Crippen LogP contribution >= 0.6 is 35.7 Å². The third-order valence-corrected chi connectivity index (χ3v) is 10.2. The van der Waals surface area contributed by atoms with Crippen LogP contribution in [0.3, 0.4) is 0 Å². The summed E-state index contributed by atoms with van der Waals surface area (Å²) in [6.45, 7) is 0. The molecule has 0 aliphatic rings. The average Bonchev–Trinajstić information content (AvgIpc) is 3.18. The van der Waals surface area contributed by atoms with Crippen LogP contribution in [0.25, 0.3) is 10.8 Å². The van der Waals surface area contributed by atoms with Gasteiger partial charge in [-0.2, -0.15) is 33.8 Å². The minimum absolute atomic E-state index is 0. The number of hydrogen-bond donors (Lipinski definition) is 2. The van der Waals surface area contributed by atoms with Gasteiger partial charge in [-0.25, -0.2) is 16.8 Å². The summed E-state index contributed by atoms with van der Waals surface area (Å²) in [6, 6.07) is 22.5. The first-order valence-corrected chi connectivity index (χ1v) is 19.9. The molecule has 1 heterocycles. The summed E-state index contributed by atoms with van der Waals surface area (Å²) in [6.07, 6.45) is 0. The van der Waals surface area contributed by atoms with Crippen molar-refractivity contribution < 1.29 is 173 Å². The summed E-state index contributed by atoms with van der Waals surface area (Å²) in [5, 5.41) is 48.1. The van der Waals surface area contributed by atoms with E-state index in [0.29, 0.717) is 45.3 Å². The van der Waals surface area contributed by atoms with Crippen LogP contribution < -0.4 is 139 Å². The Morgan fingerprint density at radius 3 is 1.69 bits per heavy atom. The molecule has 0 atom stereocenters. The second-order valence-corrected chi connectivity index (χ2v) is 15.3. The maximum atomic E-state index is 12.4. The zero-order chi connectivity index (χ0) is 40.6. The smallest absolute Gasteiger partial charge is 0.744 e. The van der Waals surface area contributed by atoms with Crippen molar-refractivity contribution in [2.24, 2.45) is 20.5 Å². The van der Waals surface area contributed by atoms with E-state index in [9.17, 15) is 36.5 Å². The number of anilines is 4. The molecule has 0 unspecified atom stereocenters. The molecule has 6 rings (SSSR count). The third kappa shape index (κ3) is 16.6. The van der Waals surface area contributed by atoms with E-state index < -0.39 is 30.0 Å². The molecule has 302 valence electrons. The Labute approximate surface area is 455 Å². The molecule has 62 heavy (non-hydrogen) atoms. The van der Waals surface area contributed by atoms with Gasteiger partial charge in [-0.15, -0.1) is 10.2 Å². The zero-order valence-corrected chi connectivity index (χ0v) is 43.8. The van der Waals surface area contributed by atoms with Crippen LogP contribution in [-0.4, -0.2) is 40.9 Å². The molecule has 1 aromatic heterocycles. The SMILES string of the molecule is C.O=S(=O)([O-])c1cc(N=Nc2ccc(SOO[O-])cc2)ccc1N=Nc1ccc(Nc2nc(Cl)nc(Nc3ccc(SOO[O-])cc3)n2)c2c(S(=O)(=O)[O-])cccc12.[Na+].[Na+].[Na+].[Na+]. The predicted octanol–water partition coefficient (Wildman–Crippen LogP) is -5.08. The van der Waals surface area contributed by atoms with Crippen molar-refractivity contribution >= 4 is 113 Å². The van der Waals surface area contributed by atoms with E-state index in [-0.39, 0.29) is 176 Å². The second-order valence-electron chi connectivity index (χ2n) is 10.7. The first-order chi connectivity index (χ1) is 27.3. The molecule has 0 aliphatic heterocycles. The molecule has 0 spiro atoms. The molecule has 0 saturated heterocycles. The molecule has 0 fully saturated rings. The summed E-state index contributed by atoms with van der Waals surface area (Å²) >= 11 is 7.51. The fourth-order valence-corrected chi connectivity index (χ4v) is 7.02. The number of hydrogen-bond acceptors (Lipinski definition) is 23. The molecule has 0 bridgehead atoms. The van der Waals surface area contributed by atoms with Gasteiger partial charge in [-0.1, -0.05) is 19.6 Å². The second kappa shape index (κ2) is 27.4. The van der Waals surface area contributed by atoms with Crippen molar-refractivity contribution in [2.75, 3.05) is 10.6 Å². The van der Waals surface area contributed by atoms with Gasteiger partial charge in [0.25, 0.3) is 0 Å². The Hall–Kier alpha value is -1.26. The van der Waals surface area contributed by atoms with Gasteiger partial charge < -0.3 is 30.3 Å². The van der Waals surface area contributed by atoms with Gasteiger partial charge in [-0.3, -0.25) is 10.1 Å². The van der Waals surface area contributed by atoms with E-state index in [0.717, 1.165) is 18.2 Å². The van der Waals surface area contributed by atoms with Crippen molar-refractivity contribution in [3.63, 3.8) is 0 Å². The first kappa shape index (κ1) is 58.8. The number of nitrogens with zero attached hydrogens (tertiary/aromatic N) is 7. The van der Waals surface area contributed by atoms with E-state index in [1.54, 1.807) is 36.4 Å². The fraction of sp³-hybridized carbons (Fsp3) is 0.0312. The molecule has 0 aliphatic carbocycles. The molecule has 21 nitrogen and oxygen atoms in total. The van der Waals surface area contributed by atoms with Crippen molar-refractivity contribution in [3.05, 3.63) is 102 Å². The number of fused-ring (bicyclic) bond motifs is 1. The van der Waals surface area contributed by atoms with Crippen LogP contribution in [0, 0.1) is 0 Å². The Morgan fingerprint density at radius 1 is 0.597 bits per heavy atom. The van der Waals surface area contributed by atoms with Crippen LogP contribution in [0.15, 0.2) is 137 Å². The predicted molar refractivity (Wildman–Crippen MR) is 202 cm³/mol. The van der Waals surface area contributed by atoms with E-state index in [4.69, 9.17) is 11.6 Å². The van der Waals surface area contributed by atoms with Crippen molar-refractivity contribution in [2.45, 2.75) is 27.0 Å². The van der Waals surface area contributed by atoms with Crippen molar-refractivity contribution in [1.82, 2.24) is 15.0 Å². The van der Waals surface area contributed by atoms with E-state index in [1.807, 2.05) is 0 Å². The first-order valence-electron chi connectivity index (χ1n) is 15.2. The van der Waals surface area contributed by atoms with Crippen LogP contribution in [0.4, 0.5) is 46.0 Å². The Balaban J connectivity index is 0.00000384. The third-order valence-electron chi connectivity index (χ3n) is 7.13. The van der Waals surface area contributed by atoms with Gasteiger partial charge in [0.15, 0.2) is 0 Å². The number of rotatable bonds is 16. The van der Waals surface area contributed by atoms with E-state index in [1.165, 1.54) is 42.5 Å². The van der Waals surface area contributed by atoms with Gasteiger partial charge in [0.1, 0.15) is 25.9 Å². The van der Waals surface area contributed by atoms with Gasteiger partial charge >= 0.3 is 118 Å². The number of halogens is 1. The quantitative estimate of drug-likeness (QED) is 0.0229. The standard InChI is InChI=1S/C31H22ClN9O12S4.CH4.4Na/c32-29-35-30(33-17-4-9-20(10-5-17)54-52-50-42)37-31(36-29)34-25-15-14-23(22-2-1-3-26(28(22)25)56(44,45)46)40-41-24-13-8-19(16-27(24)57(47,48)49)39-38-18-6-11-21(12-7-18)55-53-51-43;;;;;/h1-16,42-43H,(H,44,45,46)(H,47,48,49)(H2,33,34,35,36,37);1H4;;;;/q;;4*+1/p-4. The Morgan fingerprint density at radius 2 is 1.11 bits per heavy atom. The minimum Gasteiger partial charge on any atom is -0.744 e. The average molecular weight is 980 g/mol. The normalized spacial score (nSPS) is 11.2. The number of azo groups is 2. The zero-order valence-electron chi connectivity index (χ0n) is 31.8. The molecule has 0 saturated carbocycles. The molecular weight excluding hydrogens is 958 g/mol.